The van der Waals surface area contributed by atoms with Crippen molar-refractivity contribution < 1.29 is 0 Å². The van der Waals surface area contributed by atoms with Crippen molar-refractivity contribution in [3.8, 4) is 0 Å². The number of nitrogen functional groups attached to an aromatic ring is 1. The molecule has 0 amide bonds. The van der Waals surface area contributed by atoms with E-state index in [9.17, 15) is 0 Å². The molecule has 0 unspecified atom stereocenters. The molecule has 0 saturated heterocycles. The number of pyridine rings is 1. The van der Waals surface area contributed by atoms with Gasteiger partial charge in [0.2, 0.25) is 0 Å². The van der Waals surface area contributed by atoms with Crippen LogP contribution in [0.25, 0.3) is 0 Å². The molecule has 2 heterocycles. The highest BCUT2D eigenvalue weighted by molar-refractivity contribution is 7.16. The molecule has 0 aliphatic rings. The van der Waals surface area contributed by atoms with Gasteiger partial charge in [-0.05, 0) is 18.2 Å². The molecule has 0 radical (unpaired) electrons. The predicted octanol–water partition coefficient (Wildman–Crippen LogP) is 3.37. The fraction of sp³-hybridized carbons (Fsp3) is 0.167. The van der Waals surface area contributed by atoms with E-state index >= 15 is 0 Å². The highest BCUT2D eigenvalue weighted by Crippen LogP contribution is 2.29. The number of anilines is 1. The van der Waals surface area contributed by atoms with Crippen molar-refractivity contribution in [1.29, 1.82) is 5.41 Å². The normalized spacial score (nSPS) is 10.5. The summed E-state index contributed by atoms with van der Waals surface area (Å²) in [7, 11) is 1.88. The molecule has 0 aliphatic carbocycles. The quantitative estimate of drug-likeness (QED) is 0.671. The van der Waals surface area contributed by atoms with E-state index in [1.165, 1.54) is 11.3 Å². The smallest absolute Gasteiger partial charge is 0.148 e. The SMILES string of the molecule is CN(Cc1ccc(Cl)s1)c1nccc(C(=N)N)c1Cl. The first-order valence-electron chi connectivity index (χ1n) is 5.43. The van der Waals surface area contributed by atoms with E-state index in [2.05, 4.69) is 4.98 Å². The summed E-state index contributed by atoms with van der Waals surface area (Å²) >= 11 is 13.6. The molecule has 0 atom stereocenters. The number of hydrogen-bond donors (Lipinski definition) is 2. The van der Waals surface area contributed by atoms with Crippen LogP contribution in [0.15, 0.2) is 24.4 Å². The maximum Gasteiger partial charge on any atom is 0.148 e. The van der Waals surface area contributed by atoms with Crippen LogP contribution in [-0.4, -0.2) is 17.9 Å². The second-order valence-electron chi connectivity index (χ2n) is 3.97. The predicted molar refractivity (Wildman–Crippen MR) is 81.7 cm³/mol. The van der Waals surface area contributed by atoms with Gasteiger partial charge < -0.3 is 10.6 Å². The van der Waals surface area contributed by atoms with Crippen molar-refractivity contribution in [1.82, 2.24) is 4.98 Å². The summed E-state index contributed by atoms with van der Waals surface area (Å²) in [4.78, 5) is 7.25. The molecule has 4 nitrogen and oxygen atoms in total. The molecule has 2 rings (SSSR count). The van der Waals surface area contributed by atoms with Gasteiger partial charge in [-0.3, -0.25) is 5.41 Å². The molecule has 0 spiro atoms. The molecule has 19 heavy (non-hydrogen) atoms. The number of hydrogen-bond acceptors (Lipinski definition) is 4. The maximum atomic E-state index is 7.47. The Morgan fingerprint density at radius 2 is 2.16 bits per heavy atom. The van der Waals surface area contributed by atoms with E-state index in [-0.39, 0.29) is 5.84 Å². The van der Waals surface area contributed by atoms with E-state index in [1.807, 2.05) is 24.1 Å². The van der Waals surface area contributed by atoms with Crippen LogP contribution in [0.2, 0.25) is 9.36 Å². The lowest BCUT2D eigenvalue weighted by molar-refractivity contribution is 0.912. The summed E-state index contributed by atoms with van der Waals surface area (Å²) in [6.45, 7) is 0.644. The van der Waals surface area contributed by atoms with Gasteiger partial charge in [0.15, 0.2) is 0 Å². The lowest BCUT2D eigenvalue weighted by Crippen LogP contribution is -2.19. The van der Waals surface area contributed by atoms with Crippen molar-refractivity contribution in [2.45, 2.75) is 6.54 Å². The van der Waals surface area contributed by atoms with Crippen molar-refractivity contribution in [3.63, 3.8) is 0 Å². The molecule has 0 bridgehead atoms. The topological polar surface area (TPSA) is 66.0 Å². The van der Waals surface area contributed by atoms with Gasteiger partial charge >= 0.3 is 0 Å². The Labute approximate surface area is 125 Å². The monoisotopic (exact) mass is 314 g/mol. The Morgan fingerprint density at radius 3 is 2.74 bits per heavy atom. The van der Waals surface area contributed by atoms with E-state index < -0.39 is 0 Å². The Morgan fingerprint density at radius 1 is 1.42 bits per heavy atom. The molecule has 3 N–H and O–H groups in total. The number of halogens is 2. The van der Waals surface area contributed by atoms with Gasteiger partial charge in [0.25, 0.3) is 0 Å². The van der Waals surface area contributed by atoms with Crippen LogP contribution in [0.3, 0.4) is 0 Å². The summed E-state index contributed by atoms with van der Waals surface area (Å²) in [6.07, 6.45) is 1.59. The van der Waals surface area contributed by atoms with Gasteiger partial charge in [-0.2, -0.15) is 0 Å². The zero-order chi connectivity index (χ0) is 14.0. The Hall–Kier alpha value is -1.30. The fourth-order valence-corrected chi connectivity index (χ4v) is 3.15. The van der Waals surface area contributed by atoms with Crippen LogP contribution in [0.5, 0.6) is 0 Å². The highest BCUT2D eigenvalue weighted by atomic mass is 35.5. The minimum atomic E-state index is -0.0683. The molecule has 2 aromatic heterocycles. The number of aromatic nitrogens is 1. The van der Waals surface area contributed by atoms with E-state index in [1.54, 1.807) is 12.3 Å². The maximum absolute atomic E-state index is 7.47. The minimum Gasteiger partial charge on any atom is -0.384 e. The second-order valence-corrected chi connectivity index (χ2v) is 6.15. The number of nitrogens with one attached hydrogen (secondary N) is 1. The summed E-state index contributed by atoms with van der Waals surface area (Å²) < 4.78 is 0.750. The van der Waals surface area contributed by atoms with Crippen LogP contribution in [0, 0.1) is 5.41 Å². The Bertz CT molecular complexity index is 612. The molecular formula is C12H12Cl2N4S. The zero-order valence-corrected chi connectivity index (χ0v) is 12.5. The molecule has 0 fully saturated rings. The molecular weight excluding hydrogens is 303 g/mol. The highest BCUT2D eigenvalue weighted by Gasteiger charge is 2.14. The average Bonchev–Trinajstić information content (AvgIpc) is 2.74. The van der Waals surface area contributed by atoms with Gasteiger partial charge in [0.05, 0.1) is 15.9 Å². The third kappa shape index (κ3) is 3.18. The molecule has 100 valence electrons. The third-order valence-electron chi connectivity index (χ3n) is 2.54. The van der Waals surface area contributed by atoms with Crippen molar-refractivity contribution in [2.24, 2.45) is 5.73 Å². The first-order valence-corrected chi connectivity index (χ1v) is 7.00. The molecule has 7 heteroatoms. The van der Waals surface area contributed by atoms with E-state index in [0.29, 0.717) is 22.9 Å². The van der Waals surface area contributed by atoms with Gasteiger partial charge in [-0.15, -0.1) is 11.3 Å². The fourth-order valence-electron chi connectivity index (χ4n) is 1.65. The standard InChI is InChI=1S/C12H12Cl2N4S/c1-18(6-7-2-3-9(13)19-7)12-10(14)8(11(15)16)4-5-17-12/h2-5H,6H2,1H3,(H3,15,16). The first-order chi connectivity index (χ1) is 8.99. The van der Waals surface area contributed by atoms with E-state index in [4.69, 9.17) is 34.3 Å². The summed E-state index contributed by atoms with van der Waals surface area (Å²) in [5.74, 6) is 0.528. The van der Waals surface area contributed by atoms with Gasteiger partial charge in [-0.25, -0.2) is 4.98 Å². The average molecular weight is 315 g/mol. The Balaban J connectivity index is 2.26. The largest absolute Gasteiger partial charge is 0.384 e. The number of nitrogens with two attached hydrogens (primary N) is 1. The van der Waals surface area contributed by atoms with Gasteiger partial charge in [0.1, 0.15) is 11.7 Å². The van der Waals surface area contributed by atoms with Gasteiger partial charge in [-0.1, -0.05) is 23.2 Å². The van der Waals surface area contributed by atoms with Crippen LogP contribution in [-0.2, 0) is 6.54 Å². The Kier molecular flexibility index (Phi) is 4.29. The zero-order valence-electron chi connectivity index (χ0n) is 10.2. The van der Waals surface area contributed by atoms with Crippen LogP contribution >= 0.6 is 34.5 Å². The van der Waals surface area contributed by atoms with Crippen LogP contribution in [0.1, 0.15) is 10.4 Å². The second kappa shape index (κ2) is 5.77. The van der Waals surface area contributed by atoms with Crippen molar-refractivity contribution >= 4 is 46.2 Å². The molecule has 0 aromatic carbocycles. The molecule has 0 aliphatic heterocycles. The van der Waals surface area contributed by atoms with Gasteiger partial charge in [0, 0.05) is 23.7 Å². The van der Waals surface area contributed by atoms with Crippen LogP contribution < -0.4 is 10.6 Å². The van der Waals surface area contributed by atoms with Crippen molar-refractivity contribution in [3.05, 3.63) is 44.2 Å². The van der Waals surface area contributed by atoms with E-state index in [0.717, 1.165) is 9.21 Å². The molecule has 0 saturated carbocycles. The number of amidine groups is 1. The summed E-state index contributed by atoms with van der Waals surface area (Å²) in [5, 5.41) is 7.86. The lowest BCUT2D eigenvalue weighted by atomic mass is 10.2. The molecule has 2 aromatic rings. The minimum absolute atomic E-state index is 0.0683. The van der Waals surface area contributed by atoms with Crippen LogP contribution in [0.4, 0.5) is 5.82 Å². The number of rotatable bonds is 4. The van der Waals surface area contributed by atoms with Crippen molar-refractivity contribution in [2.75, 3.05) is 11.9 Å². The third-order valence-corrected chi connectivity index (χ3v) is 4.13. The first kappa shape index (κ1) is 14.1. The number of nitrogens with zero attached hydrogens (tertiary/aromatic N) is 2. The summed E-state index contributed by atoms with van der Waals surface area (Å²) in [5.41, 5.74) is 5.97. The summed E-state index contributed by atoms with van der Waals surface area (Å²) in [6, 6.07) is 5.45. The lowest BCUT2D eigenvalue weighted by Gasteiger charge is -2.19. The number of thiophene rings is 1.